The monoisotopic (exact) mass is 594 g/mol. The lowest BCUT2D eigenvalue weighted by molar-refractivity contribution is -0.198. The standard InChI is InChI=1S/C31H33F3N6O3/c1-18-16-39(2)24-8-7-21(13-22(18)24)19-3-5-20(6-4-19)27(31(32,33)34)43-26-14-25(37-29(35)38-26)40-11-9-30(10-12-40)15-23(28(41)42)36-17-30/h3-8,13-14,16,23,27,36H,9-12,15,17H2,1-2H3,(H,41,42)(H2,35,37,38)/t23?,27-/m1/s1. The molecular weight excluding hydrogens is 561 g/mol. The highest BCUT2D eigenvalue weighted by molar-refractivity contribution is 5.88. The van der Waals surface area contributed by atoms with Crippen molar-refractivity contribution in [3.63, 3.8) is 0 Å². The molecule has 6 rings (SSSR count). The summed E-state index contributed by atoms with van der Waals surface area (Å²) in [6.07, 6.45) is -2.95. The number of nitrogens with two attached hydrogens (primary N) is 1. The van der Waals surface area contributed by atoms with Gasteiger partial charge in [0.25, 0.3) is 0 Å². The number of nitrogen functional groups attached to an aromatic ring is 1. The first-order chi connectivity index (χ1) is 20.4. The third-order valence-corrected chi connectivity index (χ3v) is 8.78. The van der Waals surface area contributed by atoms with Crippen LogP contribution in [0.25, 0.3) is 22.0 Å². The number of ether oxygens (including phenoxy) is 1. The molecule has 0 saturated carbocycles. The number of carboxylic acids is 1. The fourth-order valence-electron chi connectivity index (χ4n) is 6.40. The minimum Gasteiger partial charge on any atom is -0.480 e. The number of nitrogens with zero attached hydrogens (tertiary/aromatic N) is 4. The van der Waals surface area contributed by atoms with Gasteiger partial charge < -0.3 is 30.4 Å². The molecule has 2 atom stereocenters. The molecular formula is C31H33F3N6O3. The number of hydrogen-bond acceptors (Lipinski definition) is 7. The van der Waals surface area contributed by atoms with Gasteiger partial charge in [-0.05, 0) is 60.4 Å². The number of aliphatic carboxylic acids is 1. The lowest BCUT2D eigenvalue weighted by atomic mass is 9.76. The van der Waals surface area contributed by atoms with Crippen LogP contribution in [0, 0.1) is 12.3 Å². The Morgan fingerprint density at radius 3 is 2.47 bits per heavy atom. The van der Waals surface area contributed by atoms with E-state index in [1.807, 2.05) is 47.8 Å². The smallest absolute Gasteiger partial charge is 0.429 e. The molecule has 2 aromatic carbocycles. The van der Waals surface area contributed by atoms with Gasteiger partial charge >= 0.3 is 12.1 Å². The Morgan fingerprint density at radius 1 is 1.12 bits per heavy atom. The number of fused-ring (bicyclic) bond motifs is 1. The first kappa shape index (κ1) is 28.8. The number of nitrogens with one attached hydrogen (secondary N) is 1. The van der Waals surface area contributed by atoms with E-state index in [1.165, 1.54) is 18.2 Å². The SMILES string of the molecule is Cc1cn(C)c2ccc(-c3ccc([C@@H](Oc4cc(N5CCC6(CC5)CNC(C(=O)O)C6)nc(N)n4)C(F)(F)F)cc3)cc12. The topological polar surface area (TPSA) is 119 Å². The number of halogens is 3. The molecule has 2 fully saturated rings. The zero-order valence-corrected chi connectivity index (χ0v) is 23.9. The largest absolute Gasteiger partial charge is 0.480 e. The van der Waals surface area contributed by atoms with Crippen LogP contribution in [0.3, 0.4) is 0 Å². The van der Waals surface area contributed by atoms with Crippen molar-refractivity contribution in [1.29, 1.82) is 0 Å². The van der Waals surface area contributed by atoms with Gasteiger partial charge in [-0.15, -0.1) is 0 Å². The summed E-state index contributed by atoms with van der Waals surface area (Å²) in [5, 5.41) is 13.5. The van der Waals surface area contributed by atoms with Crippen molar-refractivity contribution in [3.05, 3.63) is 65.9 Å². The van der Waals surface area contributed by atoms with E-state index in [4.69, 9.17) is 10.5 Å². The van der Waals surface area contributed by atoms with Crippen LogP contribution in [0.5, 0.6) is 5.88 Å². The van der Waals surface area contributed by atoms with Crippen molar-refractivity contribution in [2.75, 3.05) is 30.3 Å². The lowest BCUT2D eigenvalue weighted by Crippen LogP contribution is -2.41. The second-order valence-electron chi connectivity index (χ2n) is 11.7. The summed E-state index contributed by atoms with van der Waals surface area (Å²) in [5.74, 6) is -0.944. The molecule has 4 aromatic rings. The van der Waals surface area contributed by atoms with Crippen LogP contribution in [-0.4, -0.2) is 57.5 Å². The number of aromatic nitrogens is 3. The molecule has 43 heavy (non-hydrogen) atoms. The molecule has 4 heterocycles. The van der Waals surface area contributed by atoms with Crippen LogP contribution in [0.15, 0.2) is 54.7 Å². The predicted octanol–water partition coefficient (Wildman–Crippen LogP) is 5.24. The van der Waals surface area contributed by atoms with E-state index in [2.05, 4.69) is 15.3 Å². The molecule has 0 amide bonds. The molecule has 226 valence electrons. The first-order valence-corrected chi connectivity index (χ1v) is 14.2. The Kier molecular flexibility index (Phi) is 7.19. The molecule has 2 aliphatic rings. The van der Waals surface area contributed by atoms with Crippen LogP contribution >= 0.6 is 0 Å². The Bertz CT molecular complexity index is 1660. The van der Waals surface area contributed by atoms with Gasteiger partial charge in [0.05, 0.1) is 0 Å². The summed E-state index contributed by atoms with van der Waals surface area (Å²) in [4.78, 5) is 21.5. The number of alkyl halides is 3. The Hall–Kier alpha value is -4.32. The summed E-state index contributed by atoms with van der Waals surface area (Å²) in [5.41, 5.74) is 9.61. The molecule has 2 saturated heterocycles. The normalized spacial score (nSPS) is 19.2. The minimum atomic E-state index is -4.71. The van der Waals surface area contributed by atoms with Gasteiger partial charge in [0.1, 0.15) is 11.9 Å². The number of rotatable bonds is 6. The molecule has 2 aliphatic heterocycles. The highest BCUT2D eigenvalue weighted by Crippen LogP contribution is 2.41. The van der Waals surface area contributed by atoms with E-state index in [-0.39, 0.29) is 22.8 Å². The maximum atomic E-state index is 14.3. The van der Waals surface area contributed by atoms with E-state index in [1.54, 1.807) is 12.1 Å². The van der Waals surface area contributed by atoms with Gasteiger partial charge in [-0.3, -0.25) is 4.79 Å². The van der Waals surface area contributed by atoms with E-state index in [0.29, 0.717) is 31.9 Å². The maximum absolute atomic E-state index is 14.3. The number of carbonyl (C=O) groups is 1. The van der Waals surface area contributed by atoms with Crippen molar-refractivity contribution < 1.29 is 27.8 Å². The number of anilines is 2. The van der Waals surface area contributed by atoms with Crippen molar-refractivity contribution in [1.82, 2.24) is 19.9 Å². The van der Waals surface area contributed by atoms with Crippen molar-refractivity contribution >= 4 is 28.6 Å². The van der Waals surface area contributed by atoms with Crippen molar-refractivity contribution in [2.24, 2.45) is 12.5 Å². The minimum absolute atomic E-state index is 0.0615. The number of hydrogen-bond donors (Lipinski definition) is 3. The summed E-state index contributed by atoms with van der Waals surface area (Å²) in [6.45, 7) is 3.76. The van der Waals surface area contributed by atoms with Crippen LogP contribution in [0.2, 0.25) is 0 Å². The Balaban J connectivity index is 1.20. The van der Waals surface area contributed by atoms with Gasteiger partial charge in [0.2, 0.25) is 17.9 Å². The first-order valence-electron chi connectivity index (χ1n) is 14.2. The highest BCUT2D eigenvalue weighted by Gasteiger charge is 2.45. The summed E-state index contributed by atoms with van der Waals surface area (Å²) < 4.78 is 50.4. The van der Waals surface area contributed by atoms with E-state index in [9.17, 15) is 23.1 Å². The average Bonchev–Trinajstić information content (AvgIpc) is 3.51. The molecule has 9 nitrogen and oxygen atoms in total. The summed E-state index contributed by atoms with van der Waals surface area (Å²) in [7, 11) is 1.98. The lowest BCUT2D eigenvalue weighted by Gasteiger charge is -2.39. The molecule has 0 aliphatic carbocycles. The molecule has 1 spiro atoms. The second kappa shape index (κ2) is 10.7. The third kappa shape index (κ3) is 5.71. The third-order valence-electron chi connectivity index (χ3n) is 8.78. The summed E-state index contributed by atoms with van der Waals surface area (Å²) >= 11 is 0. The van der Waals surface area contributed by atoms with Gasteiger partial charge in [0.15, 0.2) is 0 Å². The van der Waals surface area contributed by atoms with Gasteiger partial charge in [-0.25, -0.2) is 0 Å². The molecule has 0 radical (unpaired) electrons. The number of piperidine rings is 1. The van der Waals surface area contributed by atoms with Gasteiger partial charge in [0, 0.05) is 55.4 Å². The second-order valence-corrected chi connectivity index (χ2v) is 11.7. The van der Waals surface area contributed by atoms with Crippen molar-refractivity contribution in [2.45, 2.75) is 44.5 Å². The fraction of sp³-hybridized carbons (Fsp3) is 0.387. The Morgan fingerprint density at radius 2 is 1.81 bits per heavy atom. The van der Waals surface area contributed by atoms with Crippen LogP contribution in [0.1, 0.15) is 36.5 Å². The zero-order chi connectivity index (χ0) is 30.5. The van der Waals surface area contributed by atoms with E-state index < -0.39 is 24.3 Å². The molecule has 0 bridgehead atoms. The highest BCUT2D eigenvalue weighted by atomic mass is 19.4. The van der Waals surface area contributed by atoms with Crippen LogP contribution in [-0.2, 0) is 11.8 Å². The predicted molar refractivity (Wildman–Crippen MR) is 157 cm³/mol. The fourth-order valence-corrected chi connectivity index (χ4v) is 6.40. The molecule has 1 unspecified atom stereocenters. The molecule has 2 aromatic heterocycles. The van der Waals surface area contributed by atoms with Crippen LogP contribution in [0.4, 0.5) is 24.9 Å². The van der Waals surface area contributed by atoms with E-state index >= 15 is 0 Å². The van der Waals surface area contributed by atoms with E-state index in [0.717, 1.165) is 40.4 Å². The summed E-state index contributed by atoms with van der Waals surface area (Å²) in [6, 6.07) is 13.0. The average molecular weight is 595 g/mol. The number of carboxylic acid groups (broad SMARTS) is 1. The van der Waals surface area contributed by atoms with Crippen LogP contribution < -0.4 is 20.7 Å². The van der Waals surface area contributed by atoms with Gasteiger partial charge in [-0.2, -0.15) is 23.1 Å². The molecule has 12 heteroatoms. The maximum Gasteiger partial charge on any atom is 0.429 e. The quantitative estimate of drug-likeness (QED) is 0.277. The zero-order valence-electron chi connectivity index (χ0n) is 23.9. The molecule has 4 N–H and O–H groups in total. The number of aryl methyl sites for hydroxylation is 2. The number of benzene rings is 2. The van der Waals surface area contributed by atoms with Gasteiger partial charge in [-0.1, -0.05) is 30.3 Å². The van der Waals surface area contributed by atoms with Crippen molar-refractivity contribution in [3.8, 4) is 17.0 Å². The Labute approximate surface area is 246 Å².